The van der Waals surface area contributed by atoms with Crippen molar-refractivity contribution in [1.29, 1.82) is 0 Å². The molecule has 0 spiro atoms. The van der Waals surface area contributed by atoms with Gasteiger partial charge < -0.3 is 10.6 Å². The van der Waals surface area contributed by atoms with E-state index in [-0.39, 0.29) is 0 Å². The molecule has 3 rings (SSSR count). The van der Waals surface area contributed by atoms with Gasteiger partial charge in [0.05, 0.1) is 0 Å². The minimum absolute atomic E-state index is 0.555. The molecule has 0 atom stereocenters. The van der Waals surface area contributed by atoms with Crippen molar-refractivity contribution in [1.82, 2.24) is 9.80 Å². The van der Waals surface area contributed by atoms with Gasteiger partial charge in [0.15, 0.2) is 0 Å². The van der Waals surface area contributed by atoms with Crippen LogP contribution in [-0.4, -0.2) is 42.5 Å². The Labute approximate surface area is 126 Å². The second-order valence-electron chi connectivity index (χ2n) is 6.15. The maximum absolute atomic E-state index is 6.34. The molecule has 0 aromatic heterocycles. The van der Waals surface area contributed by atoms with Crippen molar-refractivity contribution in [2.75, 3.05) is 32.7 Å². The Bertz CT molecular complexity index is 451. The van der Waals surface area contributed by atoms with E-state index in [1.165, 1.54) is 38.0 Å². The van der Waals surface area contributed by atoms with Gasteiger partial charge in [0.25, 0.3) is 0 Å². The molecule has 1 aromatic rings. The number of halogens is 1. The van der Waals surface area contributed by atoms with Crippen molar-refractivity contribution in [3.05, 3.63) is 34.3 Å². The minimum atomic E-state index is 0.555. The van der Waals surface area contributed by atoms with Gasteiger partial charge in [-0.05, 0) is 36.0 Å². The molecule has 0 bridgehead atoms. The third kappa shape index (κ3) is 3.73. The van der Waals surface area contributed by atoms with E-state index >= 15 is 0 Å². The van der Waals surface area contributed by atoms with E-state index in [9.17, 15) is 0 Å². The van der Waals surface area contributed by atoms with Gasteiger partial charge in [-0.25, -0.2) is 0 Å². The maximum Gasteiger partial charge on any atom is 0.0454 e. The average Bonchev–Trinajstić information content (AvgIpc) is 3.27. The van der Waals surface area contributed by atoms with Gasteiger partial charge in [0.1, 0.15) is 0 Å². The monoisotopic (exact) mass is 293 g/mol. The van der Waals surface area contributed by atoms with Crippen LogP contribution in [0.2, 0.25) is 5.02 Å². The van der Waals surface area contributed by atoms with Crippen LogP contribution in [0, 0.1) is 5.92 Å². The van der Waals surface area contributed by atoms with Crippen LogP contribution in [0.4, 0.5) is 0 Å². The van der Waals surface area contributed by atoms with E-state index in [0.717, 1.165) is 36.1 Å². The summed E-state index contributed by atoms with van der Waals surface area (Å²) in [6.45, 7) is 7.55. The predicted molar refractivity (Wildman–Crippen MR) is 83.8 cm³/mol. The lowest BCUT2D eigenvalue weighted by Crippen LogP contribution is -2.46. The Balaban J connectivity index is 1.51. The van der Waals surface area contributed by atoms with Gasteiger partial charge in [0, 0.05) is 50.8 Å². The standard InChI is InChI=1S/C16H24ClN3/c17-16-9-14(10-18)3-4-15(16)12-20-7-5-19(6-8-20)11-13-1-2-13/h3-4,9,13H,1-2,5-8,10-12,18H2. The van der Waals surface area contributed by atoms with Gasteiger partial charge in [-0.2, -0.15) is 0 Å². The van der Waals surface area contributed by atoms with Crippen molar-refractivity contribution in [2.24, 2.45) is 11.7 Å². The molecule has 1 aliphatic heterocycles. The van der Waals surface area contributed by atoms with Crippen LogP contribution in [0.15, 0.2) is 18.2 Å². The van der Waals surface area contributed by atoms with E-state index < -0.39 is 0 Å². The number of piperazine rings is 1. The third-order valence-electron chi connectivity index (χ3n) is 4.43. The predicted octanol–water partition coefficient (Wildman–Crippen LogP) is 2.33. The van der Waals surface area contributed by atoms with Crippen LogP contribution < -0.4 is 5.73 Å². The summed E-state index contributed by atoms with van der Waals surface area (Å²) in [5.74, 6) is 1.000. The van der Waals surface area contributed by atoms with E-state index in [0.29, 0.717) is 6.54 Å². The van der Waals surface area contributed by atoms with E-state index in [1.807, 2.05) is 6.07 Å². The fraction of sp³-hybridized carbons (Fsp3) is 0.625. The average molecular weight is 294 g/mol. The van der Waals surface area contributed by atoms with E-state index in [4.69, 9.17) is 17.3 Å². The van der Waals surface area contributed by atoms with Crippen LogP contribution in [-0.2, 0) is 13.1 Å². The molecule has 2 aliphatic rings. The Hall–Kier alpha value is -0.610. The highest BCUT2D eigenvalue weighted by Crippen LogP contribution is 2.30. The van der Waals surface area contributed by atoms with Gasteiger partial charge in [-0.3, -0.25) is 4.90 Å². The van der Waals surface area contributed by atoms with Crippen LogP contribution in [0.3, 0.4) is 0 Å². The Morgan fingerprint density at radius 3 is 2.40 bits per heavy atom. The Morgan fingerprint density at radius 1 is 1.10 bits per heavy atom. The molecule has 1 aromatic carbocycles. The molecule has 110 valence electrons. The number of benzene rings is 1. The van der Waals surface area contributed by atoms with E-state index in [1.54, 1.807) is 0 Å². The third-order valence-corrected chi connectivity index (χ3v) is 4.78. The maximum atomic E-state index is 6.34. The molecule has 2 fully saturated rings. The zero-order valence-corrected chi connectivity index (χ0v) is 12.8. The molecule has 1 aliphatic carbocycles. The first-order chi connectivity index (χ1) is 9.74. The lowest BCUT2D eigenvalue weighted by Gasteiger charge is -2.35. The first-order valence-electron chi connectivity index (χ1n) is 7.66. The second kappa shape index (κ2) is 6.44. The summed E-state index contributed by atoms with van der Waals surface area (Å²) in [5.41, 5.74) is 7.96. The highest BCUT2D eigenvalue weighted by Gasteiger charge is 2.26. The van der Waals surface area contributed by atoms with Crippen LogP contribution in [0.25, 0.3) is 0 Å². The Kier molecular flexibility index (Phi) is 4.61. The van der Waals surface area contributed by atoms with Crippen LogP contribution in [0.1, 0.15) is 24.0 Å². The SMILES string of the molecule is NCc1ccc(CN2CCN(CC3CC3)CC2)c(Cl)c1. The Morgan fingerprint density at radius 2 is 1.80 bits per heavy atom. The summed E-state index contributed by atoms with van der Waals surface area (Å²) < 4.78 is 0. The molecule has 1 saturated carbocycles. The minimum Gasteiger partial charge on any atom is -0.326 e. The summed E-state index contributed by atoms with van der Waals surface area (Å²) >= 11 is 6.34. The van der Waals surface area contributed by atoms with Crippen molar-refractivity contribution in [3.63, 3.8) is 0 Å². The quantitative estimate of drug-likeness (QED) is 0.904. The molecule has 4 heteroatoms. The summed E-state index contributed by atoms with van der Waals surface area (Å²) in [6.07, 6.45) is 2.90. The summed E-state index contributed by atoms with van der Waals surface area (Å²) in [4.78, 5) is 5.13. The van der Waals surface area contributed by atoms with E-state index in [2.05, 4.69) is 21.9 Å². The van der Waals surface area contributed by atoms with Gasteiger partial charge >= 0.3 is 0 Å². The molecule has 1 saturated heterocycles. The molecule has 1 heterocycles. The summed E-state index contributed by atoms with van der Waals surface area (Å²) in [6, 6.07) is 6.21. The normalized spacial score (nSPS) is 21.3. The second-order valence-corrected chi connectivity index (χ2v) is 6.56. The zero-order chi connectivity index (χ0) is 13.9. The molecule has 0 amide bonds. The molecule has 0 unspecified atom stereocenters. The van der Waals surface area contributed by atoms with Crippen molar-refractivity contribution < 1.29 is 0 Å². The number of rotatable bonds is 5. The highest BCUT2D eigenvalue weighted by molar-refractivity contribution is 6.31. The van der Waals surface area contributed by atoms with Gasteiger partial charge in [-0.1, -0.05) is 23.7 Å². The fourth-order valence-corrected chi connectivity index (χ4v) is 3.15. The zero-order valence-electron chi connectivity index (χ0n) is 12.0. The number of hydrogen-bond acceptors (Lipinski definition) is 3. The first kappa shape index (κ1) is 14.3. The first-order valence-corrected chi connectivity index (χ1v) is 8.04. The van der Waals surface area contributed by atoms with Crippen molar-refractivity contribution in [3.8, 4) is 0 Å². The van der Waals surface area contributed by atoms with Crippen molar-refractivity contribution in [2.45, 2.75) is 25.9 Å². The molecule has 2 N–H and O–H groups in total. The molecular weight excluding hydrogens is 270 g/mol. The lowest BCUT2D eigenvalue weighted by atomic mass is 10.1. The number of nitrogens with zero attached hydrogens (tertiary/aromatic N) is 2. The summed E-state index contributed by atoms with van der Waals surface area (Å²) in [5, 5.41) is 0.855. The number of nitrogens with two attached hydrogens (primary N) is 1. The molecule has 3 nitrogen and oxygen atoms in total. The highest BCUT2D eigenvalue weighted by atomic mass is 35.5. The largest absolute Gasteiger partial charge is 0.326 e. The number of hydrogen-bond donors (Lipinski definition) is 1. The molecule has 20 heavy (non-hydrogen) atoms. The topological polar surface area (TPSA) is 32.5 Å². The van der Waals surface area contributed by atoms with Crippen LogP contribution in [0.5, 0.6) is 0 Å². The van der Waals surface area contributed by atoms with Crippen molar-refractivity contribution >= 4 is 11.6 Å². The summed E-state index contributed by atoms with van der Waals surface area (Å²) in [7, 11) is 0. The smallest absolute Gasteiger partial charge is 0.0454 e. The molecular formula is C16H24ClN3. The van der Waals surface area contributed by atoms with Crippen LogP contribution >= 0.6 is 11.6 Å². The van der Waals surface area contributed by atoms with Gasteiger partial charge in [0.2, 0.25) is 0 Å². The fourth-order valence-electron chi connectivity index (χ4n) is 2.88. The lowest BCUT2D eigenvalue weighted by molar-refractivity contribution is 0.123. The van der Waals surface area contributed by atoms with Gasteiger partial charge in [-0.15, -0.1) is 0 Å². The molecule has 0 radical (unpaired) electrons.